The molecule has 0 spiro atoms. The summed E-state index contributed by atoms with van der Waals surface area (Å²) in [6.45, 7) is 1.43. The largest absolute Gasteiger partial charge is 0.355 e. The van der Waals surface area contributed by atoms with Crippen LogP contribution in [-0.4, -0.2) is 38.9 Å². The van der Waals surface area contributed by atoms with Gasteiger partial charge in [-0.25, -0.2) is 15.0 Å². The standard InChI is InChI=1S/C24H21BrN6O/c25-18-9-10-21(27-14-18)29-24(32)17-6-4-12-31(15-17)23-19-7-1-2-8-20(19)28-22(30-23)16-5-3-11-26-13-16/h1-3,5,7-11,13-14,17H,4,6,12,15H2,(H,27,29,32)/t17-/m0/s1. The maximum absolute atomic E-state index is 13.0. The minimum Gasteiger partial charge on any atom is -0.355 e. The fourth-order valence-corrected chi connectivity index (χ4v) is 4.22. The van der Waals surface area contributed by atoms with Gasteiger partial charge in [0.2, 0.25) is 5.91 Å². The summed E-state index contributed by atoms with van der Waals surface area (Å²) in [5, 5.41) is 3.93. The quantitative estimate of drug-likeness (QED) is 0.447. The third-order valence-corrected chi connectivity index (χ3v) is 6.04. The first-order chi connectivity index (χ1) is 15.7. The number of hydrogen-bond acceptors (Lipinski definition) is 6. The molecule has 7 nitrogen and oxygen atoms in total. The molecule has 32 heavy (non-hydrogen) atoms. The summed E-state index contributed by atoms with van der Waals surface area (Å²) in [5.41, 5.74) is 1.74. The number of carbonyl (C=O) groups excluding carboxylic acids is 1. The minimum absolute atomic E-state index is 0.0182. The molecule has 3 aromatic heterocycles. The number of aromatic nitrogens is 4. The lowest BCUT2D eigenvalue weighted by atomic mass is 9.96. The maximum atomic E-state index is 13.0. The van der Waals surface area contributed by atoms with Gasteiger partial charge in [0.15, 0.2) is 5.82 Å². The van der Waals surface area contributed by atoms with Gasteiger partial charge in [-0.3, -0.25) is 9.78 Å². The Morgan fingerprint density at radius 1 is 1.06 bits per heavy atom. The molecule has 1 amide bonds. The van der Waals surface area contributed by atoms with Crippen LogP contribution in [0, 0.1) is 5.92 Å². The molecule has 4 heterocycles. The van der Waals surface area contributed by atoms with Crippen LogP contribution < -0.4 is 10.2 Å². The molecule has 1 aliphatic heterocycles. The van der Waals surface area contributed by atoms with E-state index < -0.39 is 0 Å². The van der Waals surface area contributed by atoms with Crippen molar-refractivity contribution in [2.45, 2.75) is 12.8 Å². The number of nitrogens with zero attached hydrogens (tertiary/aromatic N) is 5. The van der Waals surface area contributed by atoms with Gasteiger partial charge in [-0.1, -0.05) is 12.1 Å². The lowest BCUT2D eigenvalue weighted by molar-refractivity contribution is -0.120. The van der Waals surface area contributed by atoms with Crippen LogP contribution in [0.1, 0.15) is 12.8 Å². The molecule has 160 valence electrons. The average Bonchev–Trinajstić information content (AvgIpc) is 2.85. The molecule has 0 unspecified atom stereocenters. The van der Waals surface area contributed by atoms with Crippen LogP contribution in [0.5, 0.6) is 0 Å². The molecule has 1 aliphatic rings. The highest BCUT2D eigenvalue weighted by molar-refractivity contribution is 9.10. The van der Waals surface area contributed by atoms with Crippen molar-refractivity contribution in [1.82, 2.24) is 19.9 Å². The van der Waals surface area contributed by atoms with Crippen molar-refractivity contribution >= 4 is 44.4 Å². The van der Waals surface area contributed by atoms with Gasteiger partial charge in [0.25, 0.3) is 0 Å². The van der Waals surface area contributed by atoms with Gasteiger partial charge in [0, 0.05) is 47.1 Å². The first kappa shape index (κ1) is 20.5. The second kappa shape index (κ2) is 9.00. The van der Waals surface area contributed by atoms with Crippen molar-refractivity contribution in [2.24, 2.45) is 5.92 Å². The van der Waals surface area contributed by atoms with Crippen LogP contribution in [0.4, 0.5) is 11.6 Å². The van der Waals surface area contributed by atoms with E-state index in [0.29, 0.717) is 18.2 Å². The molecular formula is C24H21BrN6O. The van der Waals surface area contributed by atoms with E-state index in [1.54, 1.807) is 24.7 Å². The SMILES string of the molecule is O=C(Nc1ccc(Br)cn1)[C@H]1CCCN(c2nc(-c3cccnc3)nc3ccccc23)C1. The summed E-state index contributed by atoms with van der Waals surface area (Å²) >= 11 is 3.37. The number of anilines is 2. The van der Waals surface area contributed by atoms with Gasteiger partial charge in [0.1, 0.15) is 11.6 Å². The predicted octanol–water partition coefficient (Wildman–Crippen LogP) is 4.70. The summed E-state index contributed by atoms with van der Waals surface area (Å²) in [7, 11) is 0. The highest BCUT2D eigenvalue weighted by Crippen LogP contribution is 2.30. The van der Waals surface area contributed by atoms with E-state index in [-0.39, 0.29) is 11.8 Å². The second-order valence-electron chi connectivity index (χ2n) is 7.77. The van der Waals surface area contributed by atoms with E-state index in [9.17, 15) is 4.79 Å². The zero-order valence-corrected chi connectivity index (χ0v) is 18.9. The van der Waals surface area contributed by atoms with Gasteiger partial charge in [-0.2, -0.15) is 0 Å². The Morgan fingerprint density at radius 2 is 1.97 bits per heavy atom. The molecule has 8 heteroatoms. The summed E-state index contributed by atoms with van der Waals surface area (Å²) in [4.78, 5) is 33.3. The fourth-order valence-electron chi connectivity index (χ4n) is 3.99. The number of carbonyl (C=O) groups is 1. The third-order valence-electron chi connectivity index (χ3n) is 5.57. The number of amides is 1. The number of para-hydroxylation sites is 1. The van der Waals surface area contributed by atoms with Gasteiger partial charge < -0.3 is 10.2 Å². The Bertz CT molecular complexity index is 1250. The van der Waals surface area contributed by atoms with Crippen LogP contribution in [0.25, 0.3) is 22.3 Å². The van der Waals surface area contributed by atoms with Crippen LogP contribution in [0.15, 0.2) is 71.6 Å². The average molecular weight is 489 g/mol. The van der Waals surface area contributed by atoms with Crippen molar-refractivity contribution in [1.29, 1.82) is 0 Å². The Hall–Kier alpha value is -3.39. The normalized spacial score (nSPS) is 16.2. The van der Waals surface area contributed by atoms with Gasteiger partial charge in [-0.15, -0.1) is 0 Å². The maximum Gasteiger partial charge on any atom is 0.230 e. The van der Waals surface area contributed by atoms with E-state index in [4.69, 9.17) is 9.97 Å². The highest BCUT2D eigenvalue weighted by Gasteiger charge is 2.28. The minimum atomic E-state index is -0.148. The van der Waals surface area contributed by atoms with Crippen molar-refractivity contribution < 1.29 is 4.79 Å². The van der Waals surface area contributed by atoms with Gasteiger partial charge in [0.05, 0.1) is 11.4 Å². The smallest absolute Gasteiger partial charge is 0.230 e. The predicted molar refractivity (Wildman–Crippen MR) is 128 cm³/mol. The van der Waals surface area contributed by atoms with E-state index in [0.717, 1.165) is 46.1 Å². The molecule has 4 aromatic rings. The number of nitrogens with one attached hydrogen (secondary N) is 1. The van der Waals surface area contributed by atoms with E-state index in [1.165, 1.54) is 0 Å². The Kier molecular flexibility index (Phi) is 5.77. The van der Waals surface area contributed by atoms with Crippen molar-refractivity contribution in [3.63, 3.8) is 0 Å². The number of hydrogen-bond donors (Lipinski definition) is 1. The monoisotopic (exact) mass is 488 g/mol. The zero-order chi connectivity index (χ0) is 21.9. The number of rotatable bonds is 4. The second-order valence-corrected chi connectivity index (χ2v) is 8.68. The Balaban J connectivity index is 1.44. The molecule has 0 saturated carbocycles. The Morgan fingerprint density at radius 3 is 2.78 bits per heavy atom. The lowest BCUT2D eigenvalue weighted by Crippen LogP contribution is -2.41. The van der Waals surface area contributed by atoms with E-state index >= 15 is 0 Å². The molecular weight excluding hydrogens is 468 g/mol. The summed E-state index contributed by atoms with van der Waals surface area (Å²) in [5.74, 6) is 1.88. The molecule has 1 N–H and O–H groups in total. The molecule has 1 saturated heterocycles. The van der Waals surface area contributed by atoms with Crippen LogP contribution in [0.2, 0.25) is 0 Å². The van der Waals surface area contributed by atoms with E-state index in [1.807, 2.05) is 42.5 Å². The summed E-state index contributed by atoms with van der Waals surface area (Å²) in [6, 6.07) is 15.5. The first-order valence-electron chi connectivity index (χ1n) is 10.5. The van der Waals surface area contributed by atoms with Crippen LogP contribution >= 0.6 is 15.9 Å². The number of piperidine rings is 1. The van der Waals surface area contributed by atoms with Gasteiger partial charge in [-0.05, 0) is 65.2 Å². The number of benzene rings is 1. The summed E-state index contributed by atoms with van der Waals surface area (Å²) < 4.78 is 0.874. The highest BCUT2D eigenvalue weighted by atomic mass is 79.9. The van der Waals surface area contributed by atoms with Crippen molar-refractivity contribution in [2.75, 3.05) is 23.3 Å². The van der Waals surface area contributed by atoms with Crippen molar-refractivity contribution in [3.05, 3.63) is 71.6 Å². The number of halogens is 1. The van der Waals surface area contributed by atoms with Gasteiger partial charge >= 0.3 is 0 Å². The zero-order valence-electron chi connectivity index (χ0n) is 17.3. The molecule has 0 bridgehead atoms. The fraction of sp³-hybridized carbons (Fsp3) is 0.208. The molecule has 1 aromatic carbocycles. The summed E-state index contributed by atoms with van der Waals surface area (Å²) in [6.07, 6.45) is 6.92. The van der Waals surface area contributed by atoms with E-state index in [2.05, 4.69) is 36.1 Å². The molecule has 5 rings (SSSR count). The van der Waals surface area contributed by atoms with Crippen molar-refractivity contribution in [3.8, 4) is 11.4 Å². The third kappa shape index (κ3) is 4.31. The van der Waals surface area contributed by atoms with Crippen LogP contribution in [0.3, 0.4) is 0 Å². The van der Waals surface area contributed by atoms with Crippen LogP contribution in [-0.2, 0) is 4.79 Å². The lowest BCUT2D eigenvalue weighted by Gasteiger charge is -2.33. The first-order valence-corrected chi connectivity index (χ1v) is 11.3. The topological polar surface area (TPSA) is 83.9 Å². The molecule has 0 aliphatic carbocycles. The molecule has 1 atom stereocenters. The Labute approximate surface area is 194 Å². The number of fused-ring (bicyclic) bond motifs is 1. The molecule has 0 radical (unpaired) electrons. The molecule has 1 fully saturated rings. The number of pyridine rings is 2.